The van der Waals surface area contributed by atoms with Crippen molar-refractivity contribution in [1.82, 2.24) is 10.3 Å². The number of rotatable bonds is 2. The Morgan fingerprint density at radius 1 is 1.26 bits per heavy atom. The molecule has 1 amide bonds. The van der Waals surface area contributed by atoms with Crippen LogP contribution in [0.2, 0.25) is 0 Å². The Morgan fingerprint density at radius 3 is 2.91 bits per heavy atom. The summed E-state index contributed by atoms with van der Waals surface area (Å²) in [4.78, 5) is 26.6. The number of carbonyl (C=O) groups is 1. The molecule has 0 aliphatic carbocycles. The maximum atomic E-state index is 12.3. The largest absolute Gasteiger partial charge is 0.329 e. The number of H-pyrrole nitrogens is 1. The molecule has 1 fully saturated rings. The van der Waals surface area contributed by atoms with Crippen molar-refractivity contribution < 1.29 is 13.2 Å². The zero-order valence-corrected chi connectivity index (χ0v) is 13.2. The Hall–Kier alpha value is -2.19. The van der Waals surface area contributed by atoms with E-state index in [4.69, 9.17) is 0 Å². The van der Waals surface area contributed by atoms with Crippen molar-refractivity contribution in [2.24, 2.45) is 5.92 Å². The van der Waals surface area contributed by atoms with Crippen molar-refractivity contribution in [1.29, 1.82) is 0 Å². The highest BCUT2D eigenvalue weighted by atomic mass is 32.2. The highest BCUT2D eigenvalue weighted by Gasteiger charge is 2.28. The normalized spacial score (nSPS) is 20.8. The number of carbonyl (C=O) groups excluding carboxylic acids is 1. The van der Waals surface area contributed by atoms with Crippen molar-refractivity contribution >= 4 is 32.2 Å². The van der Waals surface area contributed by atoms with Crippen LogP contribution < -0.4 is 16.2 Å². The SMILES string of the molecule is O=C(Nc1ccc2c(=O)[nH]ccc2c1)C1CNCCS(=O)(=O)C1. The summed E-state index contributed by atoms with van der Waals surface area (Å²) >= 11 is 0. The average molecular weight is 335 g/mol. The minimum Gasteiger partial charge on any atom is -0.329 e. The molecule has 3 rings (SSSR count). The standard InChI is InChI=1S/C15H17N3O4S/c19-14(11-8-16-5-6-23(21,22)9-11)18-12-1-2-13-10(7-12)3-4-17-15(13)20/h1-4,7,11,16H,5-6,8-9H2,(H,17,20)(H,18,19). The second-order valence-electron chi connectivity index (χ2n) is 5.61. The number of fused-ring (bicyclic) bond motifs is 1. The van der Waals surface area contributed by atoms with Gasteiger partial charge in [-0.3, -0.25) is 9.59 Å². The lowest BCUT2D eigenvalue weighted by Crippen LogP contribution is -2.33. The third-order valence-corrected chi connectivity index (χ3v) is 5.58. The summed E-state index contributed by atoms with van der Waals surface area (Å²) in [6, 6.07) is 6.70. The predicted octanol–water partition coefficient (Wildman–Crippen LogP) is 0.101. The average Bonchev–Trinajstić information content (AvgIpc) is 2.68. The van der Waals surface area contributed by atoms with Crippen molar-refractivity contribution in [3.63, 3.8) is 0 Å². The molecule has 1 aliphatic heterocycles. The molecule has 1 atom stereocenters. The van der Waals surface area contributed by atoms with Crippen LogP contribution in [-0.4, -0.2) is 43.9 Å². The van der Waals surface area contributed by atoms with E-state index in [-0.39, 0.29) is 23.0 Å². The molecular weight excluding hydrogens is 318 g/mol. The quantitative estimate of drug-likeness (QED) is 0.721. The van der Waals surface area contributed by atoms with E-state index >= 15 is 0 Å². The molecule has 0 saturated carbocycles. The number of pyridine rings is 1. The van der Waals surface area contributed by atoms with Gasteiger partial charge in [0.05, 0.1) is 17.4 Å². The summed E-state index contributed by atoms with van der Waals surface area (Å²) in [7, 11) is -3.21. The number of benzene rings is 1. The molecule has 23 heavy (non-hydrogen) atoms. The number of amides is 1. The number of anilines is 1. The van der Waals surface area contributed by atoms with Crippen LogP contribution >= 0.6 is 0 Å². The molecule has 0 spiro atoms. The van der Waals surface area contributed by atoms with Gasteiger partial charge in [0.25, 0.3) is 5.56 Å². The van der Waals surface area contributed by atoms with Crippen LogP contribution in [0.5, 0.6) is 0 Å². The summed E-state index contributed by atoms with van der Waals surface area (Å²) in [5.74, 6) is -1.07. The highest BCUT2D eigenvalue weighted by Crippen LogP contribution is 2.17. The van der Waals surface area contributed by atoms with Gasteiger partial charge < -0.3 is 15.6 Å². The maximum Gasteiger partial charge on any atom is 0.255 e. The molecule has 0 radical (unpaired) electrons. The first-order valence-corrected chi connectivity index (χ1v) is 9.10. The first-order chi connectivity index (χ1) is 10.9. The fraction of sp³-hybridized carbons (Fsp3) is 0.333. The van der Waals surface area contributed by atoms with Crippen LogP contribution in [0.4, 0.5) is 5.69 Å². The third kappa shape index (κ3) is 3.59. The van der Waals surface area contributed by atoms with E-state index < -0.39 is 15.8 Å². The molecule has 1 aliphatic rings. The lowest BCUT2D eigenvalue weighted by Gasteiger charge is -2.14. The molecule has 3 N–H and O–H groups in total. The molecule has 1 aromatic heterocycles. The van der Waals surface area contributed by atoms with Gasteiger partial charge in [0.15, 0.2) is 9.84 Å². The lowest BCUT2D eigenvalue weighted by atomic mass is 10.1. The molecule has 1 saturated heterocycles. The van der Waals surface area contributed by atoms with Gasteiger partial charge in [0.1, 0.15) is 0 Å². The van der Waals surface area contributed by atoms with Crippen LogP contribution in [0.15, 0.2) is 35.3 Å². The summed E-state index contributed by atoms with van der Waals surface area (Å²) < 4.78 is 23.6. The minimum absolute atomic E-state index is 0.0511. The van der Waals surface area contributed by atoms with Gasteiger partial charge in [-0.25, -0.2) is 8.42 Å². The smallest absolute Gasteiger partial charge is 0.255 e. The van der Waals surface area contributed by atoms with E-state index in [0.717, 1.165) is 0 Å². The van der Waals surface area contributed by atoms with Crippen LogP contribution in [0.25, 0.3) is 10.8 Å². The van der Waals surface area contributed by atoms with Gasteiger partial charge in [-0.05, 0) is 29.7 Å². The van der Waals surface area contributed by atoms with Crippen LogP contribution in [0.3, 0.4) is 0 Å². The minimum atomic E-state index is -3.21. The fourth-order valence-corrected chi connectivity index (χ4v) is 4.14. The Balaban J connectivity index is 1.81. The second kappa shape index (κ2) is 6.13. The van der Waals surface area contributed by atoms with Crippen molar-refractivity contribution in [3.8, 4) is 0 Å². The Labute approximate surface area is 133 Å². The summed E-state index contributed by atoms with van der Waals surface area (Å²) in [6.45, 7) is 0.698. The van der Waals surface area contributed by atoms with E-state index in [0.29, 0.717) is 29.5 Å². The van der Waals surface area contributed by atoms with Crippen LogP contribution in [-0.2, 0) is 14.6 Å². The number of aromatic nitrogens is 1. The van der Waals surface area contributed by atoms with Crippen molar-refractivity contribution in [2.75, 3.05) is 29.9 Å². The highest BCUT2D eigenvalue weighted by molar-refractivity contribution is 7.91. The fourth-order valence-electron chi connectivity index (χ4n) is 2.64. The molecule has 122 valence electrons. The van der Waals surface area contributed by atoms with E-state index in [1.54, 1.807) is 24.3 Å². The zero-order valence-electron chi connectivity index (χ0n) is 12.3. The summed E-state index contributed by atoms with van der Waals surface area (Å²) in [5, 5.41) is 6.94. The second-order valence-corrected chi connectivity index (χ2v) is 7.84. The number of nitrogens with one attached hydrogen (secondary N) is 3. The zero-order chi connectivity index (χ0) is 16.4. The number of aromatic amines is 1. The molecule has 7 nitrogen and oxygen atoms in total. The molecule has 0 bridgehead atoms. The van der Waals surface area contributed by atoms with E-state index in [1.165, 1.54) is 6.20 Å². The number of hydrogen-bond acceptors (Lipinski definition) is 5. The number of sulfone groups is 1. The third-order valence-electron chi connectivity index (χ3n) is 3.85. The van der Waals surface area contributed by atoms with E-state index in [1.807, 2.05) is 0 Å². The van der Waals surface area contributed by atoms with Gasteiger partial charge in [-0.1, -0.05) is 0 Å². The van der Waals surface area contributed by atoms with Gasteiger partial charge in [-0.2, -0.15) is 0 Å². The first-order valence-electron chi connectivity index (χ1n) is 7.28. The topological polar surface area (TPSA) is 108 Å². The summed E-state index contributed by atoms with van der Waals surface area (Å²) in [5.41, 5.74) is 0.342. The molecule has 2 heterocycles. The van der Waals surface area contributed by atoms with Gasteiger partial charge in [0.2, 0.25) is 5.91 Å². The monoisotopic (exact) mass is 335 g/mol. The molecule has 1 unspecified atom stereocenters. The van der Waals surface area contributed by atoms with Crippen LogP contribution in [0, 0.1) is 5.92 Å². The Bertz CT molecular complexity index is 904. The predicted molar refractivity (Wildman–Crippen MR) is 88.2 cm³/mol. The molecular formula is C15H17N3O4S. The van der Waals surface area contributed by atoms with E-state index in [9.17, 15) is 18.0 Å². The van der Waals surface area contributed by atoms with Crippen LogP contribution in [0.1, 0.15) is 0 Å². The van der Waals surface area contributed by atoms with Crippen molar-refractivity contribution in [2.45, 2.75) is 0 Å². The molecule has 8 heteroatoms. The van der Waals surface area contributed by atoms with E-state index in [2.05, 4.69) is 15.6 Å². The summed E-state index contributed by atoms with van der Waals surface area (Å²) in [6.07, 6.45) is 1.54. The lowest BCUT2D eigenvalue weighted by molar-refractivity contribution is -0.119. The van der Waals surface area contributed by atoms with Gasteiger partial charge in [-0.15, -0.1) is 0 Å². The molecule has 1 aromatic carbocycles. The maximum absolute atomic E-state index is 12.3. The molecule has 2 aromatic rings. The van der Waals surface area contributed by atoms with Gasteiger partial charge >= 0.3 is 0 Å². The van der Waals surface area contributed by atoms with Crippen molar-refractivity contribution in [3.05, 3.63) is 40.8 Å². The first kappa shape index (κ1) is 15.7. The Morgan fingerprint density at radius 2 is 2.09 bits per heavy atom. The number of hydrogen-bond donors (Lipinski definition) is 3. The van der Waals surface area contributed by atoms with Gasteiger partial charge in [0, 0.05) is 30.4 Å². The Kier molecular flexibility index (Phi) is 4.18.